The molecule has 0 unspecified atom stereocenters. The van der Waals surface area contributed by atoms with E-state index in [0.29, 0.717) is 11.5 Å². The number of nitrogen functional groups attached to an aromatic ring is 1. The van der Waals surface area contributed by atoms with Gasteiger partial charge in [-0.05, 0) is 30.3 Å². The van der Waals surface area contributed by atoms with E-state index in [-0.39, 0.29) is 11.0 Å². The zero-order valence-electron chi connectivity index (χ0n) is 10.8. The average molecular weight is 304 g/mol. The summed E-state index contributed by atoms with van der Waals surface area (Å²) in [5.41, 5.74) is 3.77. The zero-order chi connectivity index (χ0) is 14.8. The smallest absolute Gasteiger partial charge is 0.239 e. The number of aromatic nitrogens is 2. The highest BCUT2D eigenvalue weighted by molar-refractivity contribution is 6.31. The van der Waals surface area contributed by atoms with Crippen molar-refractivity contribution >= 4 is 40.0 Å². The molecule has 0 bridgehead atoms. The van der Waals surface area contributed by atoms with Gasteiger partial charge >= 0.3 is 0 Å². The van der Waals surface area contributed by atoms with Crippen molar-refractivity contribution in [1.29, 1.82) is 0 Å². The molecule has 0 amide bonds. The van der Waals surface area contributed by atoms with E-state index < -0.39 is 5.82 Å². The summed E-state index contributed by atoms with van der Waals surface area (Å²) in [5, 5.41) is 3.95. The van der Waals surface area contributed by atoms with Crippen LogP contribution in [-0.2, 0) is 0 Å². The molecule has 106 valence electrons. The molecule has 4 N–H and O–H groups in total. The Labute approximate surface area is 124 Å². The average Bonchev–Trinajstić information content (AvgIpc) is 2.51. The maximum Gasteiger partial charge on any atom is 0.239 e. The Kier molecular flexibility index (Phi) is 3.55. The van der Waals surface area contributed by atoms with E-state index in [9.17, 15) is 4.39 Å². The van der Waals surface area contributed by atoms with Crippen LogP contribution < -0.4 is 16.6 Å². The number of hydrazine groups is 1. The van der Waals surface area contributed by atoms with Crippen LogP contribution in [0, 0.1) is 5.82 Å². The first-order chi connectivity index (χ1) is 10.2. The molecular formula is C14H11ClFN5. The zero-order valence-corrected chi connectivity index (χ0v) is 11.5. The third kappa shape index (κ3) is 2.72. The fourth-order valence-corrected chi connectivity index (χ4v) is 2.13. The van der Waals surface area contributed by atoms with Gasteiger partial charge in [-0.25, -0.2) is 15.2 Å². The van der Waals surface area contributed by atoms with Crippen molar-refractivity contribution < 1.29 is 4.39 Å². The second-order valence-electron chi connectivity index (χ2n) is 4.31. The van der Waals surface area contributed by atoms with Crippen molar-refractivity contribution in [2.75, 3.05) is 10.7 Å². The van der Waals surface area contributed by atoms with Crippen LogP contribution in [0.15, 0.2) is 42.5 Å². The van der Waals surface area contributed by atoms with Gasteiger partial charge in [-0.2, -0.15) is 4.98 Å². The molecule has 5 nitrogen and oxygen atoms in total. The second kappa shape index (κ2) is 5.51. The van der Waals surface area contributed by atoms with E-state index in [4.69, 9.17) is 17.4 Å². The SMILES string of the molecule is NNc1nc(Nc2ccc(F)c(Cl)c2)c2ccccc2n1. The molecule has 1 aromatic heterocycles. The number of para-hydroxylation sites is 1. The van der Waals surface area contributed by atoms with Crippen LogP contribution in [-0.4, -0.2) is 9.97 Å². The van der Waals surface area contributed by atoms with Crippen LogP contribution >= 0.6 is 11.6 Å². The Hall–Kier alpha value is -2.44. The van der Waals surface area contributed by atoms with Crippen LogP contribution in [0.5, 0.6) is 0 Å². The summed E-state index contributed by atoms with van der Waals surface area (Å²) in [6, 6.07) is 11.8. The molecule has 0 radical (unpaired) electrons. The number of nitrogens with one attached hydrogen (secondary N) is 2. The number of nitrogens with two attached hydrogens (primary N) is 1. The summed E-state index contributed by atoms with van der Waals surface area (Å²) in [5.74, 6) is 5.73. The Morgan fingerprint density at radius 1 is 1.10 bits per heavy atom. The van der Waals surface area contributed by atoms with Gasteiger partial charge in [0, 0.05) is 11.1 Å². The molecule has 1 heterocycles. The lowest BCUT2D eigenvalue weighted by molar-refractivity contribution is 0.628. The maximum atomic E-state index is 13.2. The predicted octanol–water partition coefficient (Wildman–Crippen LogP) is 3.45. The molecular weight excluding hydrogens is 293 g/mol. The Morgan fingerprint density at radius 2 is 1.90 bits per heavy atom. The first-order valence-corrected chi connectivity index (χ1v) is 6.50. The summed E-state index contributed by atoms with van der Waals surface area (Å²) < 4.78 is 13.2. The summed E-state index contributed by atoms with van der Waals surface area (Å²) >= 11 is 5.78. The number of fused-ring (bicyclic) bond motifs is 1. The summed E-state index contributed by atoms with van der Waals surface area (Å²) in [6.45, 7) is 0. The maximum absolute atomic E-state index is 13.2. The van der Waals surface area contributed by atoms with Gasteiger partial charge in [-0.3, -0.25) is 5.43 Å². The number of hydrogen-bond acceptors (Lipinski definition) is 5. The van der Waals surface area contributed by atoms with Gasteiger partial charge in [0.25, 0.3) is 0 Å². The molecule has 3 rings (SSSR count). The van der Waals surface area contributed by atoms with E-state index in [1.165, 1.54) is 12.1 Å². The van der Waals surface area contributed by atoms with E-state index in [0.717, 1.165) is 10.9 Å². The largest absolute Gasteiger partial charge is 0.340 e. The molecule has 0 saturated heterocycles. The summed E-state index contributed by atoms with van der Waals surface area (Å²) in [6.07, 6.45) is 0. The molecule has 0 aliphatic rings. The molecule has 2 aromatic carbocycles. The minimum atomic E-state index is -0.473. The molecule has 0 fully saturated rings. The van der Waals surface area contributed by atoms with Crippen molar-refractivity contribution in [3.05, 3.63) is 53.3 Å². The lowest BCUT2D eigenvalue weighted by Gasteiger charge is -2.10. The normalized spacial score (nSPS) is 10.6. The minimum Gasteiger partial charge on any atom is -0.340 e. The summed E-state index contributed by atoms with van der Waals surface area (Å²) in [4.78, 5) is 8.53. The summed E-state index contributed by atoms with van der Waals surface area (Å²) in [7, 11) is 0. The lowest BCUT2D eigenvalue weighted by atomic mass is 10.2. The molecule has 0 aliphatic carbocycles. The van der Waals surface area contributed by atoms with E-state index >= 15 is 0 Å². The molecule has 3 aromatic rings. The molecule has 0 aliphatic heterocycles. The van der Waals surface area contributed by atoms with Crippen molar-refractivity contribution in [2.24, 2.45) is 5.84 Å². The van der Waals surface area contributed by atoms with Gasteiger partial charge in [0.1, 0.15) is 11.6 Å². The first-order valence-electron chi connectivity index (χ1n) is 6.13. The van der Waals surface area contributed by atoms with Crippen LogP contribution in [0.2, 0.25) is 5.02 Å². The third-order valence-corrected chi connectivity index (χ3v) is 3.20. The molecule has 0 spiro atoms. The molecule has 0 saturated carbocycles. The first kappa shape index (κ1) is 13.5. The highest BCUT2D eigenvalue weighted by Crippen LogP contribution is 2.27. The fourth-order valence-electron chi connectivity index (χ4n) is 1.95. The molecule has 21 heavy (non-hydrogen) atoms. The Morgan fingerprint density at radius 3 is 2.67 bits per heavy atom. The van der Waals surface area contributed by atoms with Crippen LogP contribution in [0.4, 0.5) is 21.8 Å². The van der Waals surface area contributed by atoms with E-state index in [2.05, 4.69) is 20.7 Å². The van der Waals surface area contributed by atoms with Crippen molar-refractivity contribution in [1.82, 2.24) is 9.97 Å². The van der Waals surface area contributed by atoms with Gasteiger partial charge in [-0.15, -0.1) is 0 Å². The molecule has 7 heteroatoms. The van der Waals surface area contributed by atoms with Crippen LogP contribution in [0.25, 0.3) is 10.9 Å². The highest BCUT2D eigenvalue weighted by Gasteiger charge is 2.08. The van der Waals surface area contributed by atoms with Gasteiger partial charge < -0.3 is 5.32 Å². The predicted molar refractivity (Wildman–Crippen MR) is 82.0 cm³/mol. The topological polar surface area (TPSA) is 75.9 Å². The standard InChI is InChI=1S/C14H11ClFN5/c15-10-7-8(5-6-11(10)16)18-13-9-3-1-2-4-12(9)19-14(20-13)21-17/h1-7H,17H2,(H2,18,19,20,21). The van der Waals surface area contributed by atoms with Crippen molar-refractivity contribution in [3.63, 3.8) is 0 Å². The van der Waals surface area contributed by atoms with Gasteiger partial charge in [0.15, 0.2) is 0 Å². The quantitative estimate of drug-likeness (QED) is 0.510. The number of hydrogen-bond donors (Lipinski definition) is 3. The number of anilines is 3. The number of benzene rings is 2. The third-order valence-electron chi connectivity index (χ3n) is 2.91. The monoisotopic (exact) mass is 303 g/mol. The van der Waals surface area contributed by atoms with E-state index in [1.54, 1.807) is 6.07 Å². The van der Waals surface area contributed by atoms with Crippen LogP contribution in [0.1, 0.15) is 0 Å². The molecule has 0 atom stereocenters. The minimum absolute atomic E-state index is 0.0375. The Balaban J connectivity index is 2.08. The van der Waals surface area contributed by atoms with Crippen molar-refractivity contribution in [2.45, 2.75) is 0 Å². The second-order valence-corrected chi connectivity index (χ2v) is 4.72. The van der Waals surface area contributed by atoms with Crippen molar-refractivity contribution in [3.8, 4) is 0 Å². The number of rotatable bonds is 3. The van der Waals surface area contributed by atoms with Gasteiger partial charge in [0.2, 0.25) is 5.95 Å². The fraction of sp³-hybridized carbons (Fsp3) is 0. The Bertz CT molecular complexity index is 808. The highest BCUT2D eigenvalue weighted by atomic mass is 35.5. The van der Waals surface area contributed by atoms with Gasteiger partial charge in [0.05, 0.1) is 10.5 Å². The number of nitrogens with zero attached hydrogens (tertiary/aromatic N) is 2. The van der Waals surface area contributed by atoms with Gasteiger partial charge in [-0.1, -0.05) is 23.7 Å². The number of halogens is 2. The van der Waals surface area contributed by atoms with Crippen LogP contribution in [0.3, 0.4) is 0 Å². The van der Waals surface area contributed by atoms with E-state index in [1.807, 2.05) is 24.3 Å². The lowest BCUT2D eigenvalue weighted by Crippen LogP contribution is -2.11.